The summed E-state index contributed by atoms with van der Waals surface area (Å²) in [6.45, 7) is 8.43. The molecule has 4 rings (SSSR count). The lowest BCUT2D eigenvalue weighted by Crippen LogP contribution is -2.53. The number of nitrogens with zero attached hydrogens (tertiary/aromatic N) is 1. The molecule has 1 amide bonds. The van der Waals surface area contributed by atoms with E-state index < -0.39 is 24.1 Å². The molecule has 3 N–H and O–H groups in total. The third-order valence-corrected chi connectivity index (χ3v) is 7.87. The zero-order chi connectivity index (χ0) is 29.1. The number of fused-ring (bicyclic) bond motifs is 1. The van der Waals surface area contributed by atoms with Crippen molar-refractivity contribution in [3.8, 4) is 18.2 Å². The predicted octanol–water partition coefficient (Wildman–Crippen LogP) is 4.25. The van der Waals surface area contributed by atoms with E-state index in [1.807, 2.05) is 6.20 Å². The quantitative estimate of drug-likeness (QED) is 0.383. The highest BCUT2D eigenvalue weighted by molar-refractivity contribution is 5.80. The molecule has 1 aliphatic heterocycles. The van der Waals surface area contributed by atoms with Gasteiger partial charge in [0.2, 0.25) is 11.8 Å². The lowest BCUT2D eigenvalue weighted by molar-refractivity contribution is -0.131. The number of carbonyl (C=O) groups is 1. The van der Waals surface area contributed by atoms with E-state index in [0.29, 0.717) is 17.0 Å². The van der Waals surface area contributed by atoms with E-state index in [4.69, 9.17) is 20.9 Å². The zero-order valence-electron chi connectivity index (χ0n) is 24.2. The highest BCUT2D eigenvalue weighted by atomic mass is 19.1. The molecule has 1 aromatic heterocycles. The molecule has 216 valence electrons. The topological polar surface area (TPSA) is 92.7 Å². The van der Waals surface area contributed by atoms with E-state index in [0.717, 1.165) is 43.2 Å². The lowest BCUT2D eigenvalue weighted by atomic mass is 9.73. The van der Waals surface area contributed by atoms with Gasteiger partial charge < -0.3 is 25.2 Å². The fourth-order valence-electron chi connectivity index (χ4n) is 5.55. The van der Waals surface area contributed by atoms with Gasteiger partial charge in [-0.2, -0.15) is 0 Å². The number of carbonyl (C=O) groups excluding carboxylic acids is 1. The summed E-state index contributed by atoms with van der Waals surface area (Å²) in [4.78, 5) is 17.4. The molecule has 1 fully saturated rings. The SMILES string of the molecule is C#Cc1cc(F)cc(C[C@H](NC(=O)[C@@H](C)OC)[C@@H](O)CN[C@H]2CC3(CCC3)Oc3ncc(CC(C)(C)C)cc32)c1. The van der Waals surface area contributed by atoms with Crippen LogP contribution in [-0.2, 0) is 22.4 Å². The molecule has 40 heavy (non-hydrogen) atoms. The van der Waals surface area contributed by atoms with Gasteiger partial charge in [0.25, 0.3) is 0 Å². The fourth-order valence-corrected chi connectivity index (χ4v) is 5.55. The number of nitrogens with one attached hydrogen (secondary N) is 2. The summed E-state index contributed by atoms with van der Waals surface area (Å²) in [5.41, 5.74) is 3.00. The Labute approximate surface area is 237 Å². The highest BCUT2D eigenvalue weighted by Crippen LogP contribution is 2.48. The molecule has 1 saturated carbocycles. The van der Waals surface area contributed by atoms with Crippen molar-refractivity contribution >= 4 is 5.91 Å². The first kappa shape index (κ1) is 30.0. The van der Waals surface area contributed by atoms with Crippen LogP contribution in [0, 0.1) is 23.6 Å². The molecule has 4 atom stereocenters. The van der Waals surface area contributed by atoms with Gasteiger partial charge in [0.05, 0.1) is 12.1 Å². The Morgan fingerprint density at radius 3 is 2.67 bits per heavy atom. The molecular weight excluding hydrogens is 509 g/mol. The molecule has 0 saturated heterocycles. The molecule has 0 unspecified atom stereocenters. The maximum absolute atomic E-state index is 14.2. The molecule has 2 heterocycles. The van der Waals surface area contributed by atoms with Gasteiger partial charge in [0.15, 0.2) is 0 Å². The van der Waals surface area contributed by atoms with Gasteiger partial charge in [-0.05, 0) is 79.8 Å². The standard InChI is InChI=1S/C32H42FN3O4/c1-7-21-11-22(13-24(33)12-21)15-26(36-29(38)20(2)39-6)28(37)19-34-27-17-32(9-8-10-32)40-30-25(27)14-23(18-35-30)16-31(3,4)5/h1,11-14,18,20,26-28,34,37H,8-10,15-17,19H2,2-6H3,(H,36,38)/t20-,26+,27+,28+/m1/s1. The maximum Gasteiger partial charge on any atom is 0.249 e. The number of aromatic nitrogens is 1. The Balaban J connectivity index is 1.54. The minimum Gasteiger partial charge on any atom is -0.471 e. The molecule has 0 bridgehead atoms. The van der Waals surface area contributed by atoms with Crippen molar-refractivity contribution in [1.29, 1.82) is 0 Å². The molecular formula is C32H42FN3O4. The van der Waals surface area contributed by atoms with Crippen LogP contribution in [0.15, 0.2) is 30.5 Å². The van der Waals surface area contributed by atoms with Crippen LogP contribution in [0.2, 0.25) is 0 Å². The number of hydrogen-bond acceptors (Lipinski definition) is 6. The van der Waals surface area contributed by atoms with E-state index in [-0.39, 0.29) is 35.9 Å². The van der Waals surface area contributed by atoms with Crippen LogP contribution in [0.3, 0.4) is 0 Å². The Hall–Kier alpha value is -2.99. The third-order valence-electron chi connectivity index (χ3n) is 7.87. The van der Waals surface area contributed by atoms with Gasteiger partial charge in [0, 0.05) is 43.4 Å². The first-order chi connectivity index (χ1) is 18.9. The predicted molar refractivity (Wildman–Crippen MR) is 152 cm³/mol. The zero-order valence-corrected chi connectivity index (χ0v) is 24.2. The van der Waals surface area contributed by atoms with Crippen molar-refractivity contribution in [3.63, 3.8) is 0 Å². The Morgan fingerprint density at radius 2 is 2.05 bits per heavy atom. The summed E-state index contributed by atoms with van der Waals surface area (Å²) < 4.78 is 25.8. The van der Waals surface area contributed by atoms with Gasteiger partial charge in [-0.25, -0.2) is 9.37 Å². The highest BCUT2D eigenvalue weighted by Gasteiger charge is 2.46. The summed E-state index contributed by atoms with van der Waals surface area (Å²) in [5.74, 6) is 2.28. The fraction of sp³-hybridized carbons (Fsp3) is 0.562. The van der Waals surface area contributed by atoms with E-state index >= 15 is 0 Å². The number of aliphatic hydroxyl groups is 1. The van der Waals surface area contributed by atoms with Gasteiger partial charge in [-0.1, -0.05) is 26.7 Å². The number of aliphatic hydroxyl groups excluding tert-OH is 1. The first-order valence-corrected chi connectivity index (χ1v) is 14.1. The van der Waals surface area contributed by atoms with Crippen molar-refractivity contribution in [2.75, 3.05) is 13.7 Å². The molecule has 0 radical (unpaired) electrons. The van der Waals surface area contributed by atoms with Crippen LogP contribution in [0.5, 0.6) is 5.88 Å². The van der Waals surface area contributed by atoms with Crippen LogP contribution in [0.1, 0.15) is 81.7 Å². The second-order valence-corrected chi connectivity index (χ2v) is 12.5. The summed E-state index contributed by atoms with van der Waals surface area (Å²) in [5, 5.41) is 17.8. The number of benzene rings is 1. The molecule has 2 aromatic rings. The Kier molecular flexibility index (Phi) is 9.19. The second-order valence-electron chi connectivity index (χ2n) is 12.5. The van der Waals surface area contributed by atoms with Crippen LogP contribution in [0.25, 0.3) is 0 Å². The van der Waals surface area contributed by atoms with Crippen molar-refractivity contribution in [1.82, 2.24) is 15.6 Å². The van der Waals surface area contributed by atoms with Gasteiger partial charge >= 0.3 is 0 Å². The van der Waals surface area contributed by atoms with E-state index in [1.54, 1.807) is 13.0 Å². The number of halogens is 1. The lowest BCUT2D eigenvalue weighted by Gasteiger charge is -2.47. The monoisotopic (exact) mass is 551 g/mol. The van der Waals surface area contributed by atoms with Gasteiger partial charge in [0.1, 0.15) is 17.5 Å². The number of terminal acetylenes is 1. The summed E-state index contributed by atoms with van der Waals surface area (Å²) in [6.07, 6.45) is 10.6. The molecule has 2 aliphatic rings. The number of rotatable bonds is 10. The molecule has 8 heteroatoms. The number of pyridine rings is 1. The molecule has 1 aliphatic carbocycles. The number of ether oxygens (including phenoxy) is 2. The Morgan fingerprint density at radius 1 is 1.30 bits per heavy atom. The van der Waals surface area contributed by atoms with Crippen LogP contribution >= 0.6 is 0 Å². The smallest absolute Gasteiger partial charge is 0.249 e. The second kappa shape index (κ2) is 12.3. The van der Waals surface area contributed by atoms with Crippen LogP contribution in [-0.4, -0.2) is 53.5 Å². The average Bonchev–Trinajstić information content (AvgIpc) is 2.88. The van der Waals surface area contributed by atoms with Crippen molar-refractivity contribution in [2.45, 2.75) is 96.1 Å². The minimum atomic E-state index is -0.972. The van der Waals surface area contributed by atoms with Crippen molar-refractivity contribution < 1.29 is 23.8 Å². The number of methoxy groups -OCH3 is 1. The summed E-state index contributed by atoms with van der Waals surface area (Å²) in [6, 6.07) is 5.74. The summed E-state index contributed by atoms with van der Waals surface area (Å²) in [7, 11) is 1.45. The van der Waals surface area contributed by atoms with Crippen LogP contribution in [0.4, 0.5) is 4.39 Å². The van der Waals surface area contributed by atoms with E-state index in [1.165, 1.54) is 19.2 Å². The normalized spacial score (nSPS) is 19.9. The van der Waals surface area contributed by atoms with Gasteiger partial charge in [-0.3, -0.25) is 4.79 Å². The minimum absolute atomic E-state index is 0.0671. The maximum atomic E-state index is 14.2. The Bertz CT molecular complexity index is 1250. The van der Waals surface area contributed by atoms with Crippen LogP contribution < -0.4 is 15.4 Å². The van der Waals surface area contributed by atoms with Crippen molar-refractivity contribution in [3.05, 3.63) is 58.5 Å². The summed E-state index contributed by atoms with van der Waals surface area (Å²) >= 11 is 0. The largest absolute Gasteiger partial charge is 0.471 e. The first-order valence-electron chi connectivity index (χ1n) is 14.1. The third kappa shape index (κ3) is 7.39. The van der Waals surface area contributed by atoms with Gasteiger partial charge in [-0.15, -0.1) is 6.42 Å². The molecule has 1 spiro atoms. The average molecular weight is 552 g/mol. The number of amides is 1. The molecule has 7 nitrogen and oxygen atoms in total. The van der Waals surface area contributed by atoms with E-state index in [2.05, 4.69) is 43.4 Å². The molecule has 1 aromatic carbocycles. The van der Waals surface area contributed by atoms with E-state index in [9.17, 15) is 14.3 Å². The van der Waals surface area contributed by atoms with Crippen molar-refractivity contribution in [2.24, 2.45) is 5.41 Å². The number of hydrogen-bond donors (Lipinski definition) is 3.